The molecule has 15 heavy (non-hydrogen) atoms. The Balaban J connectivity index is 2.19. The molecule has 2 aromatic rings. The van der Waals surface area contributed by atoms with E-state index in [0.29, 0.717) is 18.9 Å². The fourth-order valence-electron chi connectivity index (χ4n) is 1.42. The van der Waals surface area contributed by atoms with Crippen molar-refractivity contribution in [2.24, 2.45) is 0 Å². The zero-order chi connectivity index (χ0) is 10.7. The lowest BCUT2D eigenvalue weighted by atomic mass is 10.3. The quantitative estimate of drug-likeness (QED) is 0.775. The average Bonchev–Trinajstić information content (AvgIpc) is 2.57. The van der Waals surface area contributed by atoms with E-state index in [2.05, 4.69) is 16.4 Å². The Labute approximate surface area is 87.5 Å². The molecule has 0 spiro atoms. The lowest BCUT2D eigenvalue weighted by Gasteiger charge is -2.01. The van der Waals surface area contributed by atoms with Crippen molar-refractivity contribution in [3.8, 4) is 6.07 Å². The molecule has 1 aromatic heterocycles. The highest BCUT2D eigenvalue weighted by molar-refractivity contribution is 5.77. The van der Waals surface area contributed by atoms with Crippen molar-refractivity contribution in [1.82, 2.24) is 4.98 Å². The van der Waals surface area contributed by atoms with Crippen molar-refractivity contribution in [1.29, 1.82) is 5.26 Å². The van der Waals surface area contributed by atoms with E-state index in [4.69, 9.17) is 9.68 Å². The van der Waals surface area contributed by atoms with E-state index in [9.17, 15) is 0 Å². The maximum absolute atomic E-state index is 8.40. The molecule has 0 aliphatic rings. The van der Waals surface area contributed by atoms with Crippen molar-refractivity contribution in [2.75, 3.05) is 11.9 Å². The molecule has 0 saturated carbocycles. The first kappa shape index (κ1) is 9.53. The molecule has 0 aliphatic carbocycles. The number of oxazole rings is 1. The number of hydrogen-bond donors (Lipinski definition) is 1. The lowest BCUT2D eigenvalue weighted by molar-refractivity contribution is 0.561. The minimum Gasteiger partial charge on any atom is -0.441 e. The van der Waals surface area contributed by atoms with Crippen LogP contribution in [0.1, 0.15) is 12.3 Å². The third-order valence-corrected chi connectivity index (χ3v) is 2.06. The number of anilines is 1. The Bertz CT molecular complexity index is 510. The van der Waals surface area contributed by atoms with Gasteiger partial charge < -0.3 is 9.73 Å². The van der Waals surface area contributed by atoms with Gasteiger partial charge in [-0.1, -0.05) is 0 Å². The molecule has 4 heteroatoms. The highest BCUT2D eigenvalue weighted by Crippen LogP contribution is 2.19. The molecule has 2 rings (SSSR count). The molecular weight excluding hydrogens is 190 g/mol. The number of nitrogens with one attached hydrogen (secondary N) is 1. The zero-order valence-corrected chi connectivity index (χ0v) is 8.45. The predicted octanol–water partition coefficient (Wildman–Crippen LogP) is 2.46. The summed E-state index contributed by atoms with van der Waals surface area (Å²) in [5.41, 5.74) is 2.60. The summed E-state index contributed by atoms with van der Waals surface area (Å²) in [6, 6.07) is 7.80. The fourth-order valence-corrected chi connectivity index (χ4v) is 1.42. The number of aryl methyl sites for hydroxylation is 1. The van der Waals surface area contributed by atoms with E-state index in [1.165, 1.54) is 0 Å². The summed E-state index contributed by atoms with van der Waals surface area (Å²) in [7, 11) is 0. The molecule has 0 atom stereocenters. The topological polar surface area (TPSA) is 61.9 Å². The molecule has 1 N–H and O–H groups in total. The normalized spacial score (nSPS) is 10.1. The molecule has 0 aliphatic heterocycles. The Hall–Kier alpha value is -2.02. The number of hydrogen-bond acceptors (Lipinski definition) is 4. The second-order valence-corrected chi connectivity index (χ2v) is 3.25. The molecule has 0 bridgehead atoms. The first-order valence-corrected chi connectivity index (χ1v) is 4.77. The van der Waals surface area contributed by atoms with Gasteiger partial charge in [0.2, 0.25) is 0 Å². The van der Waals surface area contributed by atoms with E-state index in [0.717, 1.165) is 16.8 Å². The molecular formula is C11H11N3O. The standard InChI is InChI=1S/C11H11N3O/c1-8-14-10-7-9(13-6-2-5-12)3-4-11(10)15-8/h3-4,7,13H,2,6H2,1H3. The third kappa shape index (κ3) is 2.08. The van der Waals surface area contributed by atoms with E-state index < -0.39 is 0 Å². The van der Waals surface area contributed by atoms with Crippen LogP contribution in [0.15, 0.2) is 22.6 Å². The maximum atomic E-state index is 8.40. The summed E-state index contributed by atoms with van der Waals surface area (Å²) in [4.78, 5) is 4.23. The largest absolute Gasteiger partial charge is 0.441 e. The summed E-state index contributed by atoms with van der Waals surface area (Å²) in [5.74, 6) is 0.666. The van der Waals surface area contributed by atoms with E-state index in [1.807, 2.05) is 25.1 Å². The second kappa shape index (κ2) is 4.01. The second-order valence-electron chi connectivity index (χ2n) is 3.25. The fraction of sp³-hybridized carbons (Fsp3) is 0.273. The lowest BCUT2D eigenvalue weighted by Crippen LogP contribution is -1.99. The minimum atomic E-state index is 0.496. The number of fused-ring (bicyclic) bond motifs is 1. The number of aromatic nitrogens is 1. The van der Waals surface area contributed by atoms with Crippen LogP contribution in [0.3, 0.4) is 0 Å². The van der Waals surface area contributed by atoms with E-state index in [1.54, 1.807) is 0 Å². The van der Waals surface area contributed by atoms with Crippen molar-refractivity contribution < 1.29 is 4.42 Å². The van der Waals surface area contributed by atoms with Crippen LogP contribution < -0.4 is 5.32 Å². The van der Waals surface area contributed by atoms with Crippen molar-refractivity contribution in [3.05, 3.63) is 24.1 Å². The van der Waals surface area contributed by atoms with Crippen LogP contribution in [-0.2, 0) is 0 Å². The van der Waals surface area contributed by atoms with Gasteiger partial charge >= 0.3 is 0 Å². The first-order chi connectivity index (χ1) is 7.29. The Kier molecular flexibility index (Phi) is 2.55. The van der Waals surface area contributed by atoms with Gasteiger partial charge in [0.25, 0.3) is 0 Å². The minimum absolute atomic E-state index is 0.496. The Morgan fingerprint density at radius 2 is 2.40 bits per heavy atom. The number of rotatable bonds is 3. The molecule has 1 heterocycles. The summed E-state index contributed by atoms with van der Waals surface area (Å²) >= 11 is 0. The average molecular weight is 201 g/mol. The van der Waals surface area contributed by atoms with Crippen LogP contribution >= 0.6 is 0 Å². The number of benzene rings is 1. The van der Waals surface area contributed by atoms with Crippen LogP contribution in [0, 0.1) is 18.3 Å². The summed E-state index contributed by atoms with van der Waals surface area (Å²) in [6.45, 7) is 2.47. The van der Waals surface area contributed by atoms with Gasteiger partial charge in [0, 0.05) is 19.2 Å². The van der Waals surface area contributed by atoms with Crippen molar-refractivity contribution >= 4 is 16.8 Å². The molecule has 0 unspecified atom stereocenters. The van der Waals surface area contributed by atoms with Crippen molar-refractivity contribution in [2.45, 2.75) is 13.3 Å². The van der Waals surface area contributed by atoms with E-state index >= 15 is 0 Å². The third-order valence-electron chi connectivity index (χ3n) is 2.06. The van der Waals surface area contributed by atoms with Crippen LogP contribution in [0.2, 0.25) is 0 Å². The molecule has 1 aromatic carbocycles. The highest BCUT2D eigenvalue weighted by Gasteiger charge is 2.02. The summed E-state index contributed by atoms with van der Waals surface area (Å²) in [6.07, 6.45) is 0.496. The number of nitrogens with zero attached hydrogens (tertiary/aromatic N) is 2. The maximum Gasteiger partial charge on any atom is 0.192 e. The van der Waals surface area contributed by atoms with Gasteiger partial charge in [-0.25, -0.2) is 4.98 Å². The molecule has 0 amide bonds. The van der Waals surface area contributed by atoms with E-state index in [-0.39, 0.29) is 0 Å². The Morgan fingerprint density at radius 1 is 1.53 bits per heavy atom. The smallest absolute Gasteiger partial charge is 0.192 e. The molecule has 0 saturated heterocycles. The monoisotopic (exact) mass is 201 g/mol. The SMILES string of the molecule is Cc1nc2cc(NCCC#N)ccc2o1. The van der Waals surface area contributed by atoms with Gasteiger partial charge in [-0.2, -0.15) is 5.26 Å². The molecule has 0 radical (unpaired) electrons. The van der Waals surface area contributed by atoms with Gasteiger partial charge in [0.15, 0.2) is 11.5 Å². The summed E-state index contributed by atoms with van der Waals surface area (Å²) < 4.78 is 5.36. The number of nitriles is 1. The van der Waals surface area contributed by atoms with Crippen LogP contribution in [0.5, 0.6) is 0 Å². The Morgan fingerprint density at radius 3 is 3.20 bits per heavy atom. The van der Waals surface area contributed by atoms with Gasteiger partial charge in [0.05, 0.1) is 12.5 Å². The molecule has 4 nitrogen and oxygen atoms in total. The van der Waals surface area contributed by atoms with Gasteiger partial charge in [-0.05, 0) is 18.2 Å². The van der Waals surface area contributed by atoms with Gasteiger partial charge in [0.1, 0.15) is 5.52 Å². The molecule has 0 fully saturated rings. The van der Waals surface area contributed by atoms with Crippen LogP contribution in [-0.4, -0.2) is 11.5 Å². The molecule has 76 valence electrons. The van der Waals surface area contributed by atoms with Crippen molar-refractivity contribution in [3.63, 3.8) is 0 Å². The van der Waals surface area contributed by atoms with Crippen LogP contribution in [0.25, 0.3) is 11.1 Å². The predicted molar refractivity (Wildman–Crippen MR) is 57.5 cm³/mol. The highest BCUT2D eigenvalue weighted by atomic mass is 16.3. The first-order valence-electron chi connectivity index (χ1n) is 4.77. The van der Waals surface area contributed by atoms with Gasteiger partial charge in [-0.15, -0.1) is 0 Å². The zero-order valence-electron chi connectivity index (χ0n) is 8.45. The summed E-state index contributed by atoms with van der Waals surface area (Å²) in [5, 5.41) is 11.5. The van der Waals surface area contributed by atoms with Crippen LogP contribution in [0.4, 0.5) is 5.69 Å². The van der Waals surface area contributed by atoms with Gasteiger partial charge in [-0.3, -0.25) is 0 Å².